The summed E-state index contributed by atoms with van der Waals surface area (Å²) in [6.45, 7) is 3.45. The third-order valence-corrected chi connectivity index (χ3v) is 3.98. The molecule has 1 aromatic rings. The first-order valence-electron chi connectivity index (χ1n) is 6.86. The molecule has 1 aliphatic heterocycles. The van der Waals surface area contributed by atoms with Crippen LogP contribution in [0.5, 0.6) is 0 Å². The van der Waals surface area contributed by atoms with Crippen molar-refractivity contribution in [2.24, 2.45) is 0 Å². The number of likely N-dealkylation sites (tertiary alicyclic amines) is 1. The van der Waals surface area contributed by atoms with Crippen molar-refractivity contribution >= 4 is 17.4 Å². The second kappa shape index (κ2) is 6.09. The molecule has 1 saturated heterocycles. The minimum atomic E-state index is -0.444. The highest BCUT2D eigenvalue weighted by molar-refractivity contribution is 5.90. The van der Waals surface area contributed by atoms with Gasteiger partial charge in [-0.2, -0.15) is 0 Å². The molecule has 1 heterocycles. The van der Waals surface area contributed by atoms with Gasteiger partial charge >= 0.3 is 6.03 Å². The predicted octanol–water partition coefficient (Wildman–Crippen LogP) is 2.07. The Labute approximate surface area is 123 Å². The smallest absolute Gasteiger partial charge is 0.321 e. The van der Waals surface area contributed by atoms with Crippen LogP contribution < -0.4 is 5.32 Å². The van der Waals surface area contributed by atoms with Gasteiger partial charge in [0.2, 0.25) is 0 Å². The Morgan fingerprint density at radius 2 is 2.24 bits per heavy atom. The van der Waals surface area contributed by atoms with E-state index in [1.165, 1.54) is 6.07 Å². The highest BCUT2D eigenvalue weighted by Crippen LogP contribution is 2.25. The van der Waals surface area contributed by atoms with Crippen LogP contribution in [0.15, 0.2) is 18.2 Å². The van der Waals surface area contributed by atoms with Gasteiger partial charge in [0.25, 0.3) is 5.69 Å². The lowest BCUT2D eigenvalue weighted by Gasteiger charge is -2.25. The quantitative estimate of drug-likeness (QED) is 0.683. The molecule has 114 valence electrons. The average Bonchev–Trinajstić information content (AvgIpc) is 2.86. The Bertz CT molecular complexity index is 561. The molecule has 7 nitrogen and oxygen atoms in total. The SMILES string of the molecule is Cc1c(NC(=O)N(C)[C@H]2CCN(C)C2)cccc1[N+](=O)[O-]. The molecule has 0 aromatic heterocycles. The molecule has 0 radical (unpaired) electrons. The Hall–Kier alpha value is -2.15. The van der Waals surface area contributed by atoms with Gasteiger partial charge < -0.3 is 15.1 Å². The van der Waals surface area contributed by atoms with Gasteiger partial charge in [-0.25, -0.2) is 4.79 Å². The fourth-order valence-corrected chi connectivity index (χ4v) is 2.55. The predicted molar refractivity (Wildman–Crippen MR) is 80.5 cm³/mol. The number of nitrogens with zero attached hydrogens (tertiary/aromatic N) is 3. The molecule has 2 amide bonds. The number of likely N-dealkylation sites (N-methyl/N-ethyl adjacent to an activating group) is 2. The number of urea groups is 1. The minimum absolute atomic E-state index is 0.0102. The molecule has 7 heteroatoms. The lowest BCUT2D eigenvalue weighted by Crippen LogP contribution is -2.41. The van der Waals surface area contributed by atoms with Crippen molar-refractivity contribution in [3.8, 4) is 0 Å². The third-order valence-electron chi connectivity index (χ3n) is 3.98. The number of benzene rings is 1. The molecular formula is C14H20N4O3. The van der Waals surface area contributed by atoms with E-state index in [4.69, 9.17) is 0 Å². The van der Waals surface area contributed by atoms with Crippen LogP contribution in [0.3, 0.4) is 0 Å². The van der Waals surface area contributed by atoms with Crippen molar-refractivity contribution in [2.45, 2.75) is 19.4 Å². The number of nitro groups is 1. The summed E-state index contributed by atoms with van der Waals surface area (Å²) in [4.78, 5) is 26.6. The van der Waals surface area contributed by atoms with Crippen LogP contribution in [0, 0.1) is 17.0 Å². The zero-order valence-corrected chi connectivity index (χ0v) is 12.5. The number of rotatable bonds is 3. The number of amides is 2. The number of hydrogen-bond donors (Lipinski definition) is 1. The average molecular weight is 292 g/mol. The first kappa shape index (κ1) is 15.2. The van der Waals surface area contributed by atoms with Crippen molar-refractivity contribution in [1.82, 2.24) is 9.80 Å². The van der Waals surface area contributed by atoms with Crippen molar-refractivity contribution in [3.63, 3.8) is 0 Å². The summed E-state index contributed by atoms with van der Waals surface area (Å²) in [5.41, 5.74) is 0.955. The van der Waals surface area contributed by atoms with E-state index in [2.05, 4.69) is 10.2 Å². The third kappa shape index (κ3) is 3.30. The number of carbonyl (C=O) groups is 1. The second-order valence-corrected chi connectivity index (χ2v) is 5.45. The molecule has 21 heavy (non-hydrogen) atoms. The van der Waals surface area contributed by atoms with Gasteiger partial charge in [0.1, 0.15) is 0 Å². The first-order chi connectivity index (χ1) is 9.90. The minimum Gasteiger partial charge on any atom is -0.323 e. The van der Waals surface area contributed by atoms with Crippen molar-refractivity contribution in [1.29, 1.82) is 0 Å². The topological polar surface area (TPSA) is 78.7 Å². The molecule has 0 aliphatic carbocycles. The normalized spacial score (nSPS) is 18.5. The Balaban J connectivity index is 2.09. The van der Waals surface area contributed by atoms with E-state index < -0.39 is 4.92 Å². The summed E-state index contributed by atoms with van der Waals surface area (Å²) in [5, 5.41) is 13.7. The van der Waals surface area contributed by atoms with E-state index in [1.54, 1.807) is 31.0 Å². The molecule has 1 N–H and O–H groups in total. The summed E-state index contributed by atoms with van der Waals surface area (Å²) in [5.74, 6) is 0. The number of nitro benzene ring substituents is 1. The van der Waals surface area contributed by atoms with E-state index in [0.29, 0.717) is 11.3 Å². The molecule has 2 rings (SSSR count). The Kier molecular flexibility index (Phi) is 4.42. The summed E-state index contributed by atoms with van der Waals surface area (Å²) in [6, 6.07) is 4.62. The maximum atomic E-state index is 12.3. The summed E-state index contributed by atoms with van der Waals surface area (Å²) >= 11 is 0. The van der Waals surface area contributed by atoms with E-state index >= 15 is 0 Å². The zero-order chi connectivity index (χ0) is 15.6. The largest absolute Gasteiger partial charge is 0.323 e. The van der Waals surface area contributed by atoms with Crippen LogP contribution in [-0.4, -0.2) is 54.0 Å². The maximum Gasteiger partial charge on any atom is 0.321 e. The van der Waals surface area contributed by atoms with Crippen LogP contribution in [0.1, 0.15) is 12.0 Å². The van der Waals surface area contributed by atoms with Crippen molar-refractivity contribution in [3.05, 3.63) is 33.9 Å². The van der Waals surface area contributed by atoms with Crippen LogP contribution in [0.25, 0.3) is 0 Å². The molecule has 0 unspecified atom stereocenters. The summed E-state index contributed by atoms with van der Waals surface area (Å²) in [7, 11) is 3.78. The van der Waals surface area contributed by atoms with Gasteiger partial charge in [0, 0.05) is 25.7 Å². The van der Waals surface area contributed by atoms with Gasteiger partial charge in [0.05, 0.1) is 16.2 Å². The van der Waals surface area contributed by atoms with Gasteiger partial charge in [-0.15, -0.1) is 0 Å². The van der Waals surface area contributed by atoms with Gasteiger partial charge in [-0.3, -0.25) is 10.1 Å². The zero-order valence-electron chi connectivity index (χ0n) is 12.5. The molecule has 0 spiro atoms. The maximum absolute atomic E-state index is 12.3. The van der Waals surface area contributed by atoms with Gasteiger partial charge in [-0.05, 0) is 33.0 Å². The van der Waals surface area contributed by atoms with E-state index in [9.17, 15) is 14.9 Å². The van der Waals surface area contributed by atoms with E-state index in [-0.39, 0.29) is 17.8 Å². The molecule has 1 fully saturated rings. The Morgan fingerprint density at radius 1 is 1.52 bits per heavy atom. The number of hydrogen-bond acceptors (Lipinski definition) is 4. The molecule has 1 aromatic carbocycles. The van der Waals surface area contributed by atoms with Crippen molar-refractivity contribution in [2.75, 3.05) is 32.5 Å². The molecule has 0 saturated carbocycles. The number of anilines is 1. The number of nitrogens with one attached hydrogen (secondary N) is 1. The van der Waals surface area contributed by atoms with Crippen LogP contribution >= 0.6 is 0 Å². The van der Waals surface area contributed by atoms with Crippen LogP contribution in [0.4, 0.5) is 16.2 Å². The second-order valence-electron chi connectivity index (χ2n) is 5.45. The monoisotopic (exact) mass is 292 g/mol. The Morgan fingerprint density at radius 3 is 2.81 bits per heavy atom. The molecule has 0 bridgehead atoms. The van der Waals surface area contributed by atoms with E-state index in [0.717, 1.165) is 19.5 Å². The van der Waals surface area contributed by atoms with Crippen molar-refractivity contribution < 1.29 is 9.72 Å². The fourth-order valence-electron chi connectivity index (χ4n) is 2.55. The summed E-state index contributed by atoms with van der Waals surface area (Å²) < 4.78 is 0. The standard InChI is InChI=1S/C14H20N4O3/c1-10-12(5-4-6-13(10)18(20)21)15-14(19)17(3)11-7-8-16(2)9-11/h4-6,11H,7-9H2,1-3H3,(H,15,19)/t11-/m0/s1. The molecular weight excluding hydrogens is 272 g/mol. The van der Waals surface area contributed by atoms with Gasteiger partial charge in [-0.1, -0.05) is 6.07 Å². The molecule has 1 aliphatic rings. The summed E-state index contributed by atoms with van der Waals surface area (Å²) in [6.07, 6.45) is 0.939. The van der Waals surface area contributed by atoms with Crippen LogP contribution in [-0.2, 0) is 0 Å². The lowest BCUT2D eigenvalue weighted by atomic mass is 10.1. The van der Waals surface area contributed by atoms with Crippen LogP contribution in [0.2, 0.25) is 0 Å². The first-order valence-corrected chi connectivity index (χ1v) is 6.86. The fraction of sp³-hybridized carbons (Fsp3) is 0.500. The highest BCUT2D eigenvalue weighted by atomic mass is 16.6. The highest BCUT2D eigenvalue weighted by Gasteiger charge is 2.27. The van der Waals surface area contributed by atoms with E-state index in [1.807, 2.05) is 7.05 Å². The van der Waals surface area contributed by atoms with Gasteiger partial charge in [0.15, 0.2) is 0 Å². The lowest BCUT2D eigenvalue weighted by molar-refractivity contribution is -0.385. The molecule has 1 atom stereocenters. The number of carbonyl (C=O) groups excluding carboxylic acids is 1.